The minimum absolute atomic E-state index is 0.594. The second-order valence-electron chi connectivity index (χ2n) is 5.31. The summed E-state index contributed by atoms with van der Waals surface area (Å²) in [7, 11) is 1.86. The van der Waals surface area contributed by atoms with Gasteiger partial charge in [-0.05, 0) is 5.56 Å². The lowest BCUT2D eigenvalue weighted by molar-refractivity contribution is 0.775. The summed E-state index contributed by atoms with van der Waals surface area (Å²) in [5, 5.41) is 10.6. The number of rotatable bonds is 5. The van der Waals surface area contributed by atoms with Crippen LogP contribution in [0.15, 0.2) is 48.9 Å². The van der Waals surface area contributed by atoms with Gasteiger partial charge in [0.25, 0.3) is 0 Å². The molecule has 8 nitrogen and oxygen atoms in total. The van der Waals surface area contributed by atoms with E-state index < -0.39 is 0 Å². The van der Waals surface area contributed by atoms with Crippen molar-refractivity contribution < 1.29 is 0 Å². The molecular weight excluding hydrogens is 304 g/mol. The highest BCUT2D eigenvalue weighted by Crippen LogP contribution is 2.21. The van der Waals surface area contributed by atoms with Crippen molar-refractivity contribution in [3.63, 3.8) is 0 Å². The molecule has 3 N–H and O–H groups in total. The van der Waals surface area contributed by atoms with Crippen LogP contribution in [-0.4, -0.2) is 29.7 Å². The Kier molecular flexibility index (Phi) is 3.54. The number of hydrogen-bond acceptors (Lipinski definition) is 6. The predicted molar refractivity (Wildman–Crippen MR) is 91.9 cm³/mol. The molecule has 0 aliphatic heterocycles. The van der Waals surface area contributed by atoms with E-state index in [1.807, 2.05) is 31.3 Å². The van der Waals surface area contributed by atoms with Crippen LogP contribution in [0, 0.1) is 0 Å². The Hall–Kier alpha value is -3.42. The number of anilines is 3. The molecule has 3 aromatic heterocycles. The molecule has 0 saturated heterocycles. The maximum atomic E-state index is 4.45. The van der Waals surface area contributed by atoms with Gasteiger partial charge in [-0.2, -0.15) is 10.1 Å². The molecule has 0 aliphatic carbocycles. The number of aromatic amines is 1. The fraction of sp³-hybridized carbons (Fsp3) is 0.125. The van der Waals surface area contributed by atoms with Gasteiger partial charge in [0.05, 0.1) is 6.20 Å². The Morgan fingerprint density at radius 1 is 1.12 bits per heavy atom. The number of aromatic nitrogens is 6. The second kappa shape index (κ2) is 5.99. The van der Waals surface area contributed by atoms with Crippen LogP contribution in [0.1, 0.15) is 5.56 Å². The van der Waals surface area contributed by atoms with E-state index in [1.54, 1.807) is 10.9 Å². The molecule has 0 bridgehead atoms. The van der Waals surface area contributed by atoms with Gasteiger partial charge in [-0.15, -0.1) is 0 Å². The molecule has 0 unspecified atom stereocenters. The normalized spacial score (nSPS) is 10.9. The lowest BCUT2D eigenvalue weighted by Crippen LogP contribution is -2.02. The molecule has 24 heavy (non-hydrogen) atoms. The van der Waals surface area contributed by atoms with Crippen molar-refractivity contribution in [3.8, 4) is 0 Å². The monoisotopic (exact) mass is 320 g/mol. The first kappa shape index (κ1) is 14.2. The number of nitrogens with zero attached hydrogens (tertiary/aromatic N) is 5. The van der Waals surface area contributed by atoms with Gasteiger partial charge in [0.15, 0.2) is 11.5 Å². The van der Waals surface area contributed by atoms with Crippen molar-refractivity contribution in [2.45, 2.75) is 6.54 Å². The van der Waals surface area contributed by atoms with Gasteiger partial charge < -0.3 is 15.6 Å². The molecule has 0 spiro atoms. The summed E-state index contributed by atoms with van der Waals surface area (Å²) in [4.78, 5) is 16.2. The largest absolute Gasteiger partial charge is 0.364 e. The Bertz CT molecular complexity index is 957. The van der Waals surface area contributed by atoms with E-state index in [-0.39, 0.29) is 0 Å². The minimum atomic E-state index is 0.594. The van der Waals surface area contributed by atoms with Crippen LogP contribution in [0.5, 0.6) is 0 Å². The third kappa shape index (κ3) is 2.76. The fourth-order valence-electron chi connectivity index (χ4n) is 2.42. The number of nitrogens with one attached hydrogen (secondary N) is 3. The van der Waals surface area contributed by atoms with Gasteiger partial charge in [0, 0.05) is 19.7 Å². The van der Waals surface area contributed by atoms with Gasteiger partial charge in [0.2, 0.25) is 5.95 Å². The molecule has 4 rings (SSSR count). The molecule has 4 aromatic rings. The van der Waals surface area contributed by atoms with Crippen LogP contribution in [0.3, 0.4) is 0 Å². The molecule has 1 aromatic carbocycles. The quantitative estimate of drug-likeness (QED) is 0.523. The first-order valence-electron chi connectivity index (χ1n) is 7.53. The van der Waals surface area contributed by atoms with Crippen LogP contribution in [0.25, 0.3) is 11.2 Å². The van der Waals surface area contributed by atoms with E-state index in [2.05, 4.69) is 47.8 Å². The number of imidazole rings is 1. The maximum Gasteiger partial charge on any atom is 0.208 e. The molecule has 0 atom stereocenters. The number of benzene rings is 1. The molecule has 0 amide bonds. The Morgan fingerprint density at radius 2 is 2.00 bits per heavy atom. The number of aryl methyl sites for hydroxylation is 1. The summed E-state index contributed by atoms with van der Waals surface area (Å²) in [5.74, 6) is 2.15. The van der Waals surface area contributed by atoms with E-state index >= 15 is 0 Å². The average Bonchev–Trinajstić information content (AvgIpc) is 3.20. The lowest BCUT2D eigenvalue weighted by atomic mass is 10.2. The number of fused-ring (bicyclic) bond motifs is 1. The fourth-order valence-corrected chi connectivity index (χ4v) is 2.42. The maximum absolute atomic E-state index is 4.45. The minimum Gasteiger partial charge on any atom is -0.364 e. The van der Waals surface area contributed by atoms with Crippen molar-refractivity contribution >= 4 is 28.7 Å². The summed E-state index contributed by atoms with van der Waals surface area (Å²) in [6, 6.07) is 12.0. The van der Waals surface area contributed by atoms with E-state index in [1.165, 1.54) is 11.9 Å². The highest BCUT2D eigenvalue weighted by molar-refractivity contribution is 5.84. The standard InChI is InChI=1S/C16H16N8/c1-24-12(7-8-20-24)21-16-22-13-14(18-10-19-15(13)23-16)17-9-11-5-3-2-4-6-11/h2-8,10H,9H2,1H3,(H3,17,18,19,21,22,23). The molecule has 0 fully saturated rings. The van der Waals surface area contributed by atoms with E-state index in [0.717, 1.165) is 17.2 Å². The molecule has 0 aliphatic rings. The first-order chi connectivity index (χ1) is 11.8. The highest BCUT2D eigenvalue weighted by Gasteiger charge is 2.10. The Balaban J connectivity index is 1.59. The average molecular weight is 320 g/mol. The van der Waals surface area contributed by atoms with Crippen molar-refractivity contribution in [1.82, 2.24) is 29.7 Å². The van der Waals surface area contributed by atoms with Crippen molar-refractivity contribution in [1.29, 1.82) is 0 Å². The van der Waals surface area contributed by atoms with Gasteiger partial charge >= 0.3 is 0 Å². The van der Waals surface area contributed by atoms with Crippen LogP contribution in [0.4, 0.5) is 17.6 Å². The third-order valence-corrected chi connectivity index (χ3v) is 3.66. The summed E-state index contributed by atoms with van der Waals surface area (Å²) < 4.78 is 1.73. The zero-order valence-electron chi connectivity index (χ0n) is 13.1. The molecule has 3 heterocycles. The van der Waals surface area contributed by atoms with Crippen LogP contribution in [0.2, 0.25) is 0 Å². The number of hydrogen-bond donors (Lipinski definition) is 3. The molecular formula is C16H16N8. The molecule has 0 radical (unpaired) electrons. The van der Waals surface area contributed by atoms with E-state index in [4.69, 9.17) is 0 Å². The Labute approximate surface area is 138 Å². The topological polar surface area (TPSA) is 96.3 Å². The molecule has 120 valence electrons. The van der Waals surface area contributed by atoms with Crippen molar-refractivity contribution in [3.05, 3.63) is 54.5 Å². The van der Waals surface area contributed by atoms with Crippen molar-refractivity contribution in [2.24, 2.45) is 7.05 Å². The lowest BCUT2D eigenvalue weighted by Gasteiger charge is -2.05. The second-order valence-corrected chi connectivity index (χ2v) is 5.31. The molecule has 0 saturated carbocycles. The van der Waals surface area contributed by atoms with Gasteiger partial charge in [-0.1, -0.05) is 30.3 Å². The summed E-state index contributed by atoms with van der Waals surface area (Å²) in [5.41, 5.74) is 2.54. The van der Waals surface area contributed by atoms with Gasteiger partial charge in [0.1, 0.15) is 17.7 Å². The SMILES string of the molecule is Cn1nccc1Nc1nc2ncnc(NCc3ccccc3)c2[nH]1. The van der Waals surface area contributed by atoms with Gasteiger partial charge in [-0.25, -0.2) is 9.97 Å². The molecule has 8 heteroatoms. The number of H-pyrrole nitrogens is 1. The van der Waals surface area contributed by atoms with E-state index in [0.29, 0.717) is 18.1 Å². The van der Waals surface area contributed by atoms with Crippen LogP contribution < -0.4 is 10.6 Å². The summed E-state index contributed by atoms with van der Waals surface area (Å²) in [6.07, 6.45) is 3.22. The summed E-state index contributed by atoms with van der Waals surface area (Å²) >= 11 is 0. The van der Waals surface area contributed by atoms with E-state index in [9.17, 15) is 0 Å². The first-order valence-corrected chi connectivity index (χ1v) is 7.53. The zero-order valence-corrected chi connectivity index (χ0v) is 13.1. The Morgan fingerprint density at radius 3 is 2.79 bits per heavy atom. The predicted octanol–water partition coefficient (Wildman–Crippen LogP) is 2.44. The van der Waals surface area contributed by atoms with Crippen LogP contribution >= 0.6 is 0 Å². The van der Waals surface area contributed by atoms with Gasteiger partial charge in [-0.3, -0.25) is 4.68 Å². The smallest absolute Gasteiger partial charge is 0.208 e. The third-order valence-electron chi connectivity index (χ3n) is 3.66. The van der Waals surface area contributed by atoms with Crippen LogP contribution in [-0.2, 0) is 13.6 Å². The highest BCUT2D eigenvalue weighted by atomic mass is 15.3. The zero-order chi connectivity index (χ0) is 16.4. The summed E-state index contributed by atoms with van der Waals surface area (Å²) in [6.45, 7) is 0.677. The van der Waals surface area contributed by atoms with Crippen molar-refractivity contribution in [2.75, 3.05) is 10.6 Å².